The van der Waals surface area contributed by atoms with Gasteiger partial charge in [-0.05, 0) is 30.7 Å². The molecule has 0 radical (unpaired) electrons. The molecule has 1 aromatic carbocycles. The summed E-state index contributed by atoms with van der Waals surface area (Å²) in [7, 11) is 0. The highest BCUT2D eigenvalue weighted by molar-refractivity contribution is 6.28. The molecule has 0 unspecified atom stereocenters. The Kier molecular flexibility index (Phi) is 2.64. The molecule has 76 valence electrons. The molecule has 0 bridgehead atoms. The van der Waals surface area contributed by atoms with E-state index >= 15 is 0 Å². The SMILES string of the molecule is Cc1ccc(F)c(-c2cnc(Cl)nc2)c1. The van der Waals surface area contributed by atoms with Gasteiger partial charge >= 0.3 is 0 Å². The minimum Gasteiger partial charge on any atom is -0.226 e. The maximum absolute atomic E-state index is 13.5. The van der Waals surface area contributed by atoms with Crippen LogP contribution >= 0.6 is 11.6 Å². The molecule has 1 heterocycles. The normalized spacial score (nSPS) is 10.3. The zero-order valence-corrected chi connectivity index (χ0v) is 8.79. The van der Waals surface area contributed by atoms with Gasteiger partial charge in [0.15, 0.2) is 0 Å². The van der Waals surface area contributed by atoms with Crippen LogP contribution in [0.15, 0.2) is 30.6 Å². The lowest BCUT2D eigenvalue weighted by Crippen LogP contribution is -1.88. The third-order valence-corrected chi connectivity index (χ3v) is 2.25. The third kappa shape index (κ3) is 2.13. The second-order valence-corrected chi connectivity index (χ2v) is 3.56. The molecule has 0 aliphatic rings. The summed E-state index contributed by atoms with van der Waals surface area (Å²) < 4.78 is 13.5. The molecule has 4 heteroatoms. The van der Waals surface area contributed by atoms with Gasteiger partial charge in [0.05, 0.1) is 0 Å². The summed E-state index contributed by atoms with van der Waals surface area (Å²) in [6.45, 7) is 1.90. The van der Waals surface area contributed by atoms with Gasteiger partial charge in [-0.15, -0.1) is 0 Å². The number of hydrogen-bond acceptors (Lipinski definition) is 2. The van der Waals surface area contributed by atoms with Crippen LogP contribution in [-0.2, 0) is 0 Å². The van der Waals surface area contributed by atoms with Gasteiger partial charge in [0, 0.05) is 23.5 Å². The van der Waals surface area contributed by atoms with Crippen LogP contribution in [0.5, 0.6) is 0 Å². The fraction of sp³-hybridized carbons (Fsp3) is 0.0909. The molecule has 15 heavy (non-hydrogen) atoms. The van der Waals surface area contributed by atoms with Crippen molar-refractivity contribution in [2.45, 2.75) is 6.92 Å². The minimum absolute atomic E-state index is 0.159. The predicted octanol–water partition coefficient (Wildman–Crippen LogP) is 3.24. The zero-order valence-electron chi connectivity index (χ0n) is 8.04. The summed E-state index contributed by atoms with van der Waals surface area (Å²) >= 11 is 5.55. The van der Waals surface area contributed by atoms with E-state index < -0.39 is 0 Å². The van der Waals surface area contributed by atoms with Gasteiger partial charge in [0.2, 0.25) is 5.28 Å². The van der Waals surface area contributed by atoms with E-state index in [0.29, 0.717) is 11.1 Å². The molecular weight excluding hydrogens is 215 g/mol. The molecule has 1 aromatic heterocycles. The highest BCUT2D eigenvalue weighted by Gasteiger charge is 2.05. The molecule has 0 saturated carbocycles. The number of benzene rings is 1. The predicted molar refractivity (Wildman–Crippen MR) is 57.2 cm³/mol. The van der Waals surface area contributed by atoms with Crippen molar-refractivity contribution in [3.8, 4) is 11.1 Å². The number of aryl methyl sites for hydroxylation is 1. The van der Waals surface area contributed by atoms with E-state index in [0.717, 1.165) is 5.56 Å². The highest BCUT2D eigenvalue weighted by atomic mass is 35.5. The third-order valence-electron chi connectivity index (χ3n) is 2.05. The first kappa shape index (κ1) is 10.1. The van der Waals surface area contributed by atoms with E-state index in [4.69, 9.17) is 11.6 Å². The van der Waals surface area contributed by atoms with Crippen molar-refractivity contribution in [3.63, 3.8) is 0 Å². The topological polar surface area (TPSA) is 25.8 Å². The number of halogens is 2. The summed E-state index contributed by atoms with van der Waals surface area (Å²) in [4.78, 5) is 7.63. The smallest absolute Gasteiger partial charge is 0.222 e. The van der Waals surface area contributed by atoms with E-state index in [1.165, 1.54) is 18.5 Å². The molecule has 0 aliphatic carbocycles. The lowest BCUT2D eigenvalue weighted by molar-refractivity contribution is 0.630. The van der Waals surface area contributed by atoms with Crippen molar-refractivity contribution >= 4 is 11.6 Å². The Balaban J connectivity index is 2.53. The zero-order chi connectivity index (χ0) is 10.8. The van der Waals surface area contributed by atoms with Crippen LogP contribution in [0.25, 0.3) is 11.1 Å². The van der Waals surface area contributed by atoms with Gasteiger partial charge in [0.25, 0.3) is 0 Å². The second kappa shape index (κ2) is 3.95. The van der Waals surface area contributed by atoms with Crippen LogP contribution < -0.4 is 0 Å². The summed E-state index contributed by atoms with van der Waals surface area (Å²) in [5.41, 5.74) is 2.11. The van der Waals surface area contributed by atoms with Gasteiger partial charge in [-0.25, -0.2) is 14.4 Å². The maximum Gasteiger partial charge on any atom is 0.222 e. The minimum atomic E-state index is -0.286. The van der Waals surface area contributed by atoms with Crippen LogP contribution in [0.1, 0.15) is 5.56 Å². The van der Waals surface area contributed by atoms with E-state index in [2.05, 4.69) is 9.97 Å². The molecule has 2 aromatic rings. The molecule has 2 rings (SSSR count). The Labute approximate surface area is 91.8 Å². The lowest BCUT2D eigenvalue weighted by atomic mass is 10.1. The average Bonchev–Trinajstić information content (AvgIpc) is 2.23. The van der Waals surface area contributed by atoms with Gasteiger partial charge in [-0.2, -0.15) is 0 Å². The van der Waals surface area contributed by atoms with Crippen molar-refractivity contribution in [2.75, 3.05) is 0 Å². The highest BCUT2D eigenvalue weighted by Crippen LogP contribution is 2.22. The standard InChI is InChI=1S/C11H8ClFN2/c1-7-2-3-10(13)9(4-7)8-5-14-11(12)15-6-8/h2-6H,1H3. The van der Waals surface area contributed by atoms with Gasteiger partial charge in [0.1, 0.15) is 5.82 Å². The van der Waals surface area contributed by atoms with Gasteiger partial charge < -0.3 is 0 Å². The Hall–Kier alpha value is -1.48. The molecule has 0 saturated heterocycles. The first-order valence-electron chi connectivity index (χ1n) is 4.41. The van der Waals surface area contributed by atoms with Crippen molar-refractivity contribution in [3.05, 3.63) is 47.3 Å². The number of rotatable bonds is 1. The molecule has 2 nitrogen and oxygen atoms in total. The van der Waals surface area contributed by atoms with Crippen LogP contribution in [-0.4, -0.2) is 9.97 Å². The summed E-state index contributed by atoms with van der Waals surface area (Å²) in [5.74, 6) is -0.286. The molecule has 0 spiro atoms. The van der Waals surface area contributed by atoms with Crippen molar-refractivity contribution < 1.29 is 4.39 Å². The van der Waals surface area contributed by atoms with Crippen molar-refractivity contribution in [1.29, 1.82) is 0 Å². The monoisotopic (exact) mass is 222 g/mol. The van der Waals surface area contributed by atoms with Crippen molar-refractivity contribution in [1.82, 2.24) is 9.97 Å². The Morgan fingerprint density at radius 2 is 1.87 bits per heavy atom. The molecule has 0 N–H and O–H groups in total. The van der Waals surface area contributed by atoms with Gasteiger partial charge in [-0.3, -0.25) is 0 Å². The summed E-state index contributed by atoms with van der Waals surface area (Å²) in [6, 6.07) is 4.90. The van der Waals surface area contributed by atoms with E-state index in [-0.39, 0.29) is 11.1 Å². The Morgan fingerprint density at radius 3 is 2.53 bits per heavy atom. The maximum atomic E-state index is 13.5. The largest absolute Gasteiger partial charge is 0.226 e. The number of hydrogen-bond donors (Lipinski definition) is 0. The molecule has 0 aliphatic heterocycles. The van der Waals surface area contributed by atoms with Crippen LogP contribution in [0.3, 0.4) is 0 Å². The quantitative estimate of drug-likeness (QED) is 0.693. The first-order valence-corrected chi connectivity index (χ1v) is 4.78. The lowest BCUT2D eigenvalue weighted by Gasteiger charge is -2.03. The molecule has 0 fully saturated rings. The first-order chi connectivity index (χ1) is 7.16. The second-order valence-electron chi connectivity index (χ2n) is 3.22. The molecule has 0 amide bonds. The summed E-state index contributed by atoms with van der Waals surface area (Å²) in [5, 5.41) is 0.159. The number of nitrogens with zero attached hydrogens (tertiary/aromatic N) is 2. The van der Waals surface area contributed by atoms with Crippen LogP contribution in [0, 0.1) is 12.7 Å². The van der Waals surface area contributed by atoms with E-state index in [9.17, 15) is 4.39 Å². The Morgan fingerprint density at radius 1 is 1.20 bits per heavy atom. The fourth-order valence-electron chi connectivity index (χ4n) is 1.31. The van der Waals surface area contributed by atoms with Crippen LogP contribution in [0.4, 0.5) is 4.39 Å². The summed E-state index contributed by atoms with van der Waals surface area (Å²) in [6.07, 6.45) is 3.01. The fourth-order valence-corrected chi connectivity index (χ4v) is 1.41. The average molecular weight is 223 g/mol. The molecule has 0 atom stereocenters. The van der Waals surface area contributed by atoms with Crippen LogP contribution in [0.2, 0.25) is 5.28 Å². The molecular formula is C11H8ClFN2. The van der Waals surface area contributed by atoms with Crippen molar-refractivity contribution in [2.24, 2.45) is 0 Å². The Bertz CT molecular complexity index is 482. The van der Waals surface area contributed by atoms with E-state index in [1.807, 2.05) is 6.92 Å². The number of aromatic nitrogens is 2. The van der Waals surface area contributed by atoms with Gasteiger partial charge in [-0.1, -0.05) is 11.6 Å². The van der Waals surface area contributed by atoms with E-state index in [1.54, 1.807) is 12.1 Å².